The number of halogens is 4. The van der Waals surface area contributed by atoms with Gasteiger partial charge in [-0.1, -0.05) is 23.8 Å². The van der Waals surface area contributed by atoms with Crippen LogP contribution >= 0.6 is 0 Å². The number of likely N-dealkylation sites (tertiary alicyclic amines) is 1. The van der Waals surface area contributed by atoms with E-state index in [4.69, 9.17) is 9.47 Å². The summed E-state index contributed by atoms with van der Waals surface area (Å²) in [5, 5.41) is 5.04. The van der Waals surface area contributed by atoms with Crippen LogP contribution in [0.5, 0.6) is 5.75 Å². The van der Waals surface area contributed by atoms with E-state index >= 15 is 0 Å². The Morgan fingerprint density at radius 3 is 2.15 bits per heavy atom. The average molecular weight is 652 g/mol. The molecule has 0 aliphatic carbocycles. The molecule has 0 saturated carbocycles. The highest BCUT2D eigenvalue weighted by Crippen LogP contribution is 2.26. The summed E-state index contributed by atoms with van der Waals surface area (Å²) in [7, 11) is 0. The van der Waals surface area contributed by atoms with Crippen molar-refractivity contribution in [1.29, 1.82) is 0 Å². The molecule has 1 aliphatic heterocycles. The lowest BCUT2D eigenvalue weighted by atomic mass is 9.95. The molecule has 1 saturated heterocycles. The number of rotatable bonds is 10. The largest absolute Gasteiger partial charge is 0.479 e. The van der Waals surface area contributed by atoms with Gasteiger partial charge in [-0.05, 0) is 58.6 Å². The molecule has 0 aromatic heterocycles. The van der Waals surface area contributed by atoms with E-state index in [9.17, 15) is 41.5 Å². The molecule has 1 fully saturated rings. The molecule has 0 bridgehead atoms. The van der Waals surface area contributed by atoms with Crippen LogP contribution in [-0.4, -0.2) is 65.7 Å². The highest BCUT2D eigenvalue weighted by atomic mass is 19.2. The van der Waals surface area contributed by atoms with E-state index in [1.54, 1.807) is 20.8 Å². The van der Waals surface area contributed by atoms with E-state index < -0.39 is 89.1 Å². The molecular formula is C32H37F4N3O7. The third-order valence-corrected chi connectivity index (χ3v) is 7.22. The number of amides is 3. The number of esters is 1. The fraction of sp³-hybridized carbons (Fsp3) is 0.469. The lowest BCUT2D eigenvalue weighted by molar-refractivity contribution is -0.156. The standard InChI is InChI=1S/C32H37F4N3O7/c1-17-6-7-18(2)20(12-17)15-37-30(43)31(44)39-10-8-19(9-11-39)29(42)38-23(14-25(41)46-32(3,4)5)24(40)16-45-28-26(35)21(33)13-22(34)27(28)36/h6-7,12-13,19,23H,8-11,14-16H2,1-5H3,(H,37,43)(H,38,42)/t23-/m0/s1. The smallest absolute Gasteiger partial charge is 0.311 e. The second kappa shape index (κ2) is 15.2. The lowest BCUT2D eigenvalue weighted by Gasteiger charge is -2.31. The Hall–Kier alpha value is -4.49. The molecule has 0 spiro atoms. The summed E-state index contributed by atoms with van der Waals surface area (Å²) in [6.45, 7) is 7.68. The van der Waals surface area contributed by atoms with Gasteiger partial charge in [-0.15, -0.1) is 0 Å². The molecule has 14 heteroatoms. The van der Waals surface area contributed by atoms with Gasteiger partial charge < -0.3 is 25.0 Å². The maximum absolute atomic E-state index is 14.0. The van der Waals surface area contributed by atoms with Crippen molar-refractivity contribution in [3.05, 3.63) is 64.2 Å². The number of hydrogen-bond acceptors (Lipinski definition) is 7. The number of carbonyl (C=O) groups is 5. The first-order valence-electron chi connectivity index (χ1n) is 14.6. The van der Waals surface area contributed by atoms with E-state index in [-0.39, 0.29) is 38.5 Å². The lowest BCUT2D eigenvalue weighted by Crippen LogP contribution is -2.51. The van der Waals surface area contributed by atoms with Crippen LogP contribution in [0.4, 0.5) is 17.6 Å². The van der Waals surface area contributed by atoms with E-state index in [1.807, 2.05) is 32.0 Å². The van der Waals surface area contributed by atoms with Gasteiger partial charge in [0.15, 0.2) is 23.2 Å². The monoisotopic (exact) mass is 651 g/mol. The van der Waals surface area contributed by atoms with Crippen molar-refractivity contribution in [2.24, 2.45) is 5.92 Å². The van der Waals surface area contributed by atoms with Gasteiger partial charge in [0.05, 0.1) is 6.42 Å². The number of aryl methyl sites for hydroxylation is 2. The maximum atomic E-state index is 14.0. The van der Waals surface area contributed by atoms with Crippen LogP contribution in [0.15, 0.2) is 24.3 Å². The number of Topliss-reactive ketones (excluding diaryl/α,β-unsaturated/α-hetero) is 1. The molecule has 1 heterocycles. The first-order valence-corrected chi connectivity index (χ1v) is 14.6. The van der Waals surface area contributed by atoms with Gasteiger partial charge in [0.25, 0.3) is 0 Å². The Balaban J connectivity index is 1.61. The minimum absolute atomic E-state index is 0.0253. The molecule has 3 rings (SSSR count). The van der Waals surface area contributed by atoms with Gasteiger partial charge in [0.1, 0.15) is 18.2 Å². The highest BCUT2D eigenvalue weighted by Gasteiger charge is 2.34. The van der Waals surface area contributed by atoms with E-state index in [0.29, 0.717) is 0 Å². The summed E-state index contributed by atoms with van der Waals surface area (Å²) in [6.07, 6.45) is -0.416. The number of nitrogens with zero attached hydrogens (tertiary/aromatic N) is 1. The van der Waals surface area contributed by atoms with Crippen molar-refractivity contribution in [1.82, 2.24) is 15.5 Å². The van der Waals surface area contributed by atoms with Crippen molar-refractivity contribution in [2.45, 2.75) is 72.1 Å². The van der Waals surface area contributed by atoms with Gasteiger partial charge in [-0.25, -0.2) is 8.78 Å². The predicted molar refractivity (Wildman–Crippen MR) is 156 cm³/mol. The summed E-state index contributed by atoms with van der Waals surface area (Å²) in [6, 6.07) is 4.16. The number of piperidine rings is 1. The predicted octanol–water partition coefficient (Wildman–Crippen LogP) is 3.58. The van der Waals surface area contributed by atoms with Crippen LogP contribution in [-0.2, 0) is 35.3 Å². The van der Waals surface area contributed by atoms with Gasteiger partial charge in [-0.2, -0.15) is 8.78 Å². The molecule has 1 atom stereocenters. The number of benzene rings is 2. The Morgan fingerprint density at radius 2 is 1.57 bits per heavy atom. The molecule has 2 aromatic carbocycles. The molecule has 0 radical (unpaired) electrons. The van der Waals surface area contributed by atoms with E-state index in [1.165, 1.54) is 4.90 Å². The number of carbonyl (C=O) groups excluding carboxylic acids is 5. The minimum atomic E-state index is -1.86. The third-order valence-electron chi connectivity index (χ3n) is 7.22. The number of ketones is 1. The van der Waals surface area contributed by atoms with Crippen molar-refractivity contribution in [2.75, 3.05) is 19.7 Å². The first-order chi connectivity index (χ1) is 21.5. The molecule has 1 aliphatic rings. The van der Waals surface area contributed by atoms with Crippen molar-refractivity contribution in [3.8, 4) is 5.75 Å². The second-order valence-electron chi connectivity index (χ2n) is 12.1. The van der Waals surface area contributed by atoms with Crippen LogP contribution in [0.3, 0.4) is 0 Å². The van der Waals surface area contributed by atoms with E-state index in [0.717, 1.165) is 16.7 Å². The number of ether oxygens (including phenoxy) is 2. The van der Waals surface area contributed by atoms with Crippen LogP contribution < -0.4 is 15.4 Å². The molecule has 250 valence electrons. The molecule has 46 heavy (non-hydrogen) atoms. The summed E-state index contributed by atoms with van der Waals surface area (Å²) >= 11 is 0. The Bertz CT molecular complexity index is 1480. The Morgan fingerprint density at radius 1 is 0.957 bits per heavy atom. The molecular weight excluding hydrogens is 614 g/mol. The highest BCUT2D eigenvalue weighted by molar-refractivity contribution is 6.35. The van der Waals surface area contributed by atoms with Crippen LogP contribution in [0.2, 0.25) is 0 Å². The first kappa shape index (κ1) is 36.0. The van der Waals surface area contributed by atoms with Gasteiger partial charge >= 0.3 is 17.8 Å². The van der Waals surface area contributed by atoms with E-state index in [2.05, 4.69) is 10.6 Å². The minimum Gasteiger partial charge on any atom is -0.479 e. The second-order valence-corrected chi connectivity index (χ2v) is 12.1. The zero-order valence-corrected chi connectivity index (χ0v) is 26.2. The molecule has 0 unspecified atom stereocenters. The Labute approximate surface area is 263 Å². The van der Waals surface area contributed by atoms with Crippen LogP contribution in [0, 0.1) is 43.0 Å². The summed E-state index contributed by atoms with van der Waals surface area (Å²) in [5.74, 6) is -13.5. The average Bonchev–Trinajstić information content (AvgIpc) is 2.98. The maximum Gasteiger partial charge on any atom is 0.311 e. The van der Waals surface area contributed by atoms with Crippen molar-refractivity contribution in [3.63, 3.8) is 0 Å². The zero-order chi connectivity index (χ0) is 34.3. The fourth-order valence-corrected chi connectivity index (χ4v) is 4.74. The molecule has 10 nitrogen and oxygen atoms in total. The van der Waals surface area contributed by atoms with Crippen molar-refractivity contribution < 1.29 is 51.0 Å². The zero-order valence-electron chi connectivity index (χ0n) is 26.2. The van der Waals surface area contributed by atoms with Gasteiger partial charge in [0.2, 0.25) is 17.5 Å². The SMILES string of the molecule is Cc1ccc(C)c(CNC(=O)C(=O)N2CCC(C(=O)N[C@@H](CC(=O)OC(C)(C)C)C(=O)COc3c(F)c(F)cc(F)c3F)CC2)c1. The van der Waals surface area contributed by atoms with Crippen LogP contribution in [0.1, 0.15) is 56.7 Å². The number of hydrogen-bond donors (Lipinski definition) is 2. The topological polar surface area (TPSA) is 131 Å². The molecule has 3 amide bonds. The third kappa shape index (κ3) is 9.75. The summed E-state index contributed by atoms with van der Waals surface area (Å²) < 4.78 is 65.1. The molecule has 2 aromatic rings. The normalized spacial score (nSPS) is 14.3. The number of nitrogens with one attached hydrogen (secondary N) is 2. The van der Waals surface area contributed by atoms with Crippen LogP contribution in [0.25, 0.3) is 0 Å². The summed E-state index contributed by atoms with van der Waals surface area (Å²) in [4.78, 5) is 65.2. The molecule has 2 N–H and O–H groups in total. The summed E-state index contributed by atoms with van der Waals surface area (Å²) in [5.41, 5.74) is 1.90. The van der Waals surface area contributed by atoms with Crippen molar-refractivity contribution >= 4 is 29.5 Å². The van der Waals surface area contributed by atoms with Gasteiger partial charge in [-0.3, -0.25) is 24.0 Å². The fourth-order valence-electron chi connectivity index (χ4n) is 4.74. The quantitative estimate of drug-likeness (QED) is 0.174. The van der Waals surface area contributed by atoms with Gasteiger partial charge in [0, 0.05) is 31.6 Å². The Kier molecular flexibility index (Phi) is 11.9.